The van der Waals surface area contributed by atoms with Gasteiger partial charge >= 0.3 is 0 Å². The second-order valence-electron chi connectivity index (χ2n) is 5.07. The number of hydrogen-bond acceptors (Lipinski definition) is 3. The number of nitrogens with two attached hydrogens (primary N) is 1. The van der Waals surface area contributed by atoms with Crippen molar-refractivity contribution in [3.63, 3.8) is 0 Å². The number of carbonyl (C=O) groups excluding carboxylic acids is 2. The molecule has 1 heterocycles. The first-order valence-corrected chi connectivity index (χ1v) is 7.14. The zero-order chi connectivity index (χ0) is 15.2. The Bertz CT molecular complexity index is 504. The van der Waals surface area contributed by atoms with E-state index in [-0.39, 0.29) is 17.6 Å². The molecule has 6 heteroatoms. The van der Waals surface area contributed by atoms with Crippen LogP contribution in [0.15, 0.2) is 24.3 Å². The summed E-state index contributed by atoms with van der Waals surface area (Å²) in [5.41, 5.74) is 5.87. The van der Waals surface area contributed by atoms with Crippen molar-refractivity contribution in [1.82, 2.24) is 9.80 Å². The van der Waals surface area contributed by atoms with Crippen LogP contribution in [0.2, 0.25) is 0 Å². The highest BCUT2D eigenvalue weighted by atomic mass is 19.1. The summed E-state index contributed by atoms with van der Waals surface area (Å²) in [5, 5.41) is 0. The van der Waals surface area contributed by atoms with Crippen LogP contribution in [0, 0.1) is 5.82 Å². The fraction of sp³-hybridized carbons (Fsp3) is 0.467. The van der Waals surface area contributed by atoms with Crippen molar-refractivity contribution in [2.24, 2.45) is 5.73 Å². The number of carbonyl (C=O) groups is 2. The molecule has 1 saturated heterocycles. The Labute approximate surface area is 123 Å². The lowest BCUT2D eigenvalue weighted by Gasteiger charge is -2.22. The van der Waals surface area contributed by atoms with Gasteiger partial charge in [-0.25, -0.2) is 4.39 Å². The van der Waals surface area contributed by atoms with Crippen molar-refractivity contribution < 1.29 is 14.0 Å². The Morgan fingerprint density at radius 2 is 1.67 bits per heavy atom. The van der Waals surface area contributed by atoms with E-state index in [1.807, 2.05) is 0 Å². The zero-order valence-electron chi connectivity index (χ0n) is 11.9. The third-order valence-electron chi connectivity index (χ3n) is 3.59. The average molecular weight is 293 g/mol. The largest absolute Gasteiger partial charge is 0.341 e. The molecule has 1 aromatic carbocycles. The van der Waals surface area contributed by atoms with Crippen molar-refractivity contribution >= 4 is 11.8 Å². The smallest absolute Gasteiger partial charge is 0.253 e. The van der Waals surface area contributed by atoms with Gasteiger partial charge in [0.1, 0.15) is 5.82 Å². The molecule has 0 spiro atoms. The van der Waals surface area contributed by atoms with E-state index in [0.717, 1.165) is 6.42 Å². The van der Waals surface area contributed by atoms with E-state index < -0.39 is 0 Å². The minimum absolute atomic E-state index is 0.0357. The van der Waals surface area contributed by atoms with E-state index in [2.05, 4.69) is 0 Å². The van der Waals surface area contributed by atoms with Crippen LogP contribution in [0.5, 0.6) is 0 Å². The maximum absolute atomic E-state index is 12.9. The summed E-state index contributed by atoms with van der Waals surface area (Å²) in [6, 6.07) is 5.53. The summed E-state index contributed by atoms with van der Waals surface area (Å²) in [7, 11) is 0. The Morgan fingerprint density at radius 1 is 1.05 bits per heavy atom. The SMILES string of the molecule is NCCC(=O)N1CCCN(C(=O)c2ccc(F)cc2)CC1. The standard InChI is InChI=1S/C15H20FN3O2/c16-13-4-2-12(3-5-13)15(21)19-9-1-8-18(10-11-19)14(20)6-7-17/h2-5H,1,6-11,17H2. The molecule has 0 bridgehead atoms. The van der Waals surface area contributed by atoms with Gasteiger partial charge in [0.05, 0.1) is 0 Å². The highest BCUT2D eigenvalue weighted by molar-refractivity contribution is 5.94. The van der Waals surface area contributed by atoms with Crippen molar-refractivity contribution in [3.05, 3.63) is 35.6 Å². The zero-order valence-corrected chi connectivity index (χ0v) is 11.9. The number of benzene rings is 1. The topological polar surface area (TPSA) is 66.6 Å². The van der Waals surface area contributed by atoms with Gasteiger partial charge in [-0.3, -0.25) is 9.59 Å². The quantitative estimate of drug-likeness (QED) is 0.898. The number of nitrogens with zero attached hydrogens (tertiary/aromatic N) is 2. The molecule has 2 N–H and O–H groups in total. The van der Waals surface area contributed by atoms with E-state index in [1.54, 1.807) is 9.80 Å². The third kappa shape index (κ3) is 4.01. The van der Waals surface area contributed by atoms with Gasteiger partial charge < -0.3 is 15.5 Å². The van der Waals surface area contributed by atoms with Crippen molar-refractivity contribution in [1.29, 1.82) is 0 Å². The van der Waals surface area contributed by atoms with Crippen LogP contribution < -0.4 is 5.73 Å². The van der Waals surface area contributed by atoms with Gasteiger partial charge in [0.15, 0.2) is 0 Å². The molecular formula is C15H20FN3O2. The number of hydrogen-bond donors (Lipinski definition) is 1. The van der Waals surface area contributed by atoms with Crippen LogP contribution in [-0.4, -0.2) is 54.3 Å². The summed E-state index contributed by atoms with van der Waals surface area (Å²) < 4.78 is 12.9. The van der Waals surface area contributed by atoms with E-state index in [0.29, 0.717) is 44.7 Å². The van der Waals surface area contributed by atoms with Gasteiger partial charge in [0.25, 0.3) is 5.91 Å². The summed E-state index contributed by atoms with van der Waals surface area (Å²) in [4.78, 5) is 27.6. The fourth-order valence-electron chi connectivity index (χ4n) is 2.43. The molecule has 21 heavy (non-hydrogen) atoms. The van der Waals surface area contributed by atoms with Gasteiger partial charge in [-0.1, -0.05) is 0 Å². The lowest BCUT2D eigenvalue weighted by molar-refractivity contribution is -0.130. The van der Waals surface area contributed by atoms with Gasteiger partial charge in [0, 0.05) is 44.7 Å². The van der Waals surface area contributed by atoms with Crippen molar-refractivity contribution in [2.45, 2.75) is 12.8 Å². The van der Waals surface area contributed by atoms with Crippen LogP contribution in [0.3, 0.4) is 0 Å². The van der Waals surface area contributed by atoms with E-state index in [4.69, 9.17) is 5.73 Å². The third-order valence-corrected chi connectivity index (χ3v) is 3.59. The summed E-state index contributed by atoms with van der Waals surface area (Å²) in [5.74, 6) is -0.447. The Morgan fingerprint density at radius 3 is 2.33 bits per heavy atom. The molecule has 0 radical (unpaired) electrons. The van der Waals surface area contributed by atoms with Crippen LogP contribution >= 0.6 is 0 Å². The van der Waals surface area contributed by atoms with Crippen molar-refractivity contribution in [3.8, 4) is 0 Å². The molecule has 0 saturated carbocycles. The number of halogens is 1. The minimum Gasteiger partial charge on any atom is -0.341 e. The molecule has 0 aliphatic carbocycles. The maximum atomic E-state index is 12.9. The van der Waals surface area contributed by atoms with Gasteiger partial charge in [-0.15, -0.1) is 0 Å². The first kappa shape index (κ1) is 15.4. The number of rotatable bonds is 3. The summed E-state index contributed by atoms with van der Waals surface area (Å²) in [6.07, 6.45) is 1.08. The molecule has 114 valence electrons. The van der Waals surface area contributed by atoms with Gasteiger partial charge in [-0.2, -0.15) is 0 Å². The number of amides is 2. The molecule has 0 unspecified atom stereocenters. The lowest BCUT2D eigenvalue weighted by Crippen LogP contribution is -2.37. The summed E-state index contributed by atoms with van der Waals surface area (Å²) in [6.45, 7) is 2.60. The molecule has 1 fully saturated rings. The molecule has 2 amide bonds. The summed E-state index contributed by atoms with van der Waals surface area (Å²) >= 11 is 0. The first-order valence-electron chi connectivity index (χ1n) is 7.14. The fourth-order valence-corrected chi connectivity index (χ4v) is 2.43. The molecule has 5 nitrogen and oxygen atoms in total. The Kier molecular flexibility index (Phi) is 5.27. The molecule has 1 aliphatic rings. The van der Waals surface area contributed by atoms with Gasteiger partial charge in [-0.05, 0) is 30.7 Å². The molecule has 2 rings (SSSR count). The van der Waals surface area contributed by atoms with E-state index in [9.17, 15) is 14.0 Å². The predicted octanol–water partition coefficient (Wildman–Crippen LogP) is 0.849. The molecule has 0 aromatic heterocycles. The second-order valence-corrected chi connectivity index (χ2v) is 5.07. The van der Waals surface area contributed by atoms with Crippen LogP contribution in [0.25, 0.3) is 0 Å². The Balaban J connectivity index is 1.97. The molecule has 1 aliphatic heterocycles. The maximum Gasteiger partial charge on any atom is 0.253 e. The average Bonchev–Trinajstić information content (AvgIpc) is 2.73. The van der Waals surface area contributed by atoms with Crippen LogP contribution in [0.1, 0.15) is 23.2 Å². The molecular weight excluding hydrogens is 273 g/mol. The lowest BCUT2D eigenvalue weighted by atomic mass is 10.2. The highest BCUT2D eigenvalue weighted by Crippen LogP contribution is 2.11. The van der Waals surface area contributed by atoms with Crippen molar-refractivity contribution in [2.75, 3.05) is 32.7 Å². The molecule has 1 aromatic rings. The van der Waals surface area contributed by atoms with E-state index >= 15 is 0 Å². The van der Waals surface area contributed by atoms with Crippen LogP contribution in [-0.2, 0) is 4.79 Å². The first-order chi connectivity index (χ1) is 10.1. The minimum atomic E-state index is -0.360. The second kappa shape index (κ2) is 7.17. The normalized spacial score (nSPS) is 15.7. The highest BCUT2D eigenvalue weighted by Gasteiger charge is 2.22. The van der Waals surface area contributed by atoms with E-state index in [1.165, 1.54) is 24.3 Å². The Hall–Kier alpha value is -1.95. The van der Waals surface area contributed by atoms with Crippen LogP contribution in [0.4, 0.5) is 4.39 Å². The monoisotopic (exact) mass is 293 g/mol. The molecule has 0 atom stereocenters. The van der Waals surface area contributed by atoms with Gasteiger partial charge in [0.2, 0.25) is 5.91 Å². The predicted molar refractivity (Wildman–Crippen MR) is 77.2 cm³/mol.